The second kappa shape index (κ2) is 5.37. The number of hydrogen-bond donors (Lipinski definition) is 1. The van der Waals surface area contributed by atoms with Crippen LogP contribution in [0, 0.1) is 0 Å². The van der Waals surface area contributed by atoms with Crippen molar-refractivity contribution in [3.05, 3.63) is 34.3 Å². The molecule has 0 spiro atoms. The molecular weight excluding hydrogens is 272 g/mol. The molecule has 15 heavy (non-hydrogen) atoms. The molecule has 0 amide bonds. The maximum atomic E-state index is 10.1. The summed E-state index contributed by atoms with van der Waals surface area (Å²) in [6, 6.07) is 8.20. The maximum absolute atomic E-state index is 10.1. The molecule has 1 N–H and O–H groups in total. The van der Waals surface area contributed by atoms with Gasteiger partial charge in [-0.25, -0.2) is 0 Å². The van der Waals surface area contributed by atoms with Crippen LogP contribution in [-0.2, 0) is 6.42 Å². The highest BCUT2D eigenvalue weighted by Gasteiger charge is 2.23. The normalized spacial score (nSPS) is 22.9. The molecule has 82 valence electrons. The number of hydrogen-bond acceptors (Lipinski definition) is 2. The lowest BCUT2D eigenvalue weighted by molar-refractivity contribution is 0.170. The summed E-state index contributed by atoms with van der Waals surface area (Å²) in [5.74, 6) is 1.21. The van der Waals surface area contributed by atoms with Crippen LogP contribution in [0.2, 0.25) is 0 Å². The molecular formula is C12H15BrOS. The van der Waals surface area contributed by atoms with E-state index in [4.69, 9.17) is 0 Å². The molecule has 0 radical (unpaired) electrons. The van der Waals surface area contributed by atoms with Crippen LogP contribution in [0.1, 0.15) is 18.4 Å². The average molecular weight is 287 g/mol. The fourth-order valence-corrected chi connectivity index (χ4v) is 3.68. The van der Waals surface area contributed by atoms with E-state index in [2.05, 4.69) is 28.1 Å². The van der Waals surface area contributed by atoms with Crippen LogP contribution in [0.25, 0.3) is 0 Å². The number of halogens is 1. The molecule has 3 heteroatoms. The molecule has 1 aliphatic heterocycles. The van der Waals surface area contributed by atoms with E-state index in [9.17, 15) is 5.11 Å². The van der Waals surface area contributed by atoms with Gasteiger partial charge < -0.3 is 5.11 Å². The summed E-state index contributed by atoms with van der Waals surface area (Å²) in [7, 11) is 0. The second-order valence-corrected chi connectivity index (χ2v) is 6.22. The van der Waals surface area contributed by atoms with Gasteiger partial charge in [-0.3, -0.25) is 0 Å². The van der Waals surface area contributed by atoms with Gasteiger partial charge in [0.2, 0.25) is 0 Å². The molecule has 1 aromatic carbocycles. The van der Waals surface area contributed by atoms with Crippen LogP contribution in [0.4, 0.5) is 0 Å². The number of rotatable bonds is 3. The SMILES string of the molecule is OC(Cc1cccc(Br)c1)C1CCCS1. The largest absolute Gasteiger partial charge is 0.392 e. The smallest absolute Gasteiger partial charge is 0.0699 e. The third-order valence-corrected chi connectivity index (χ3v) is 4.72. The minimum absolute atomic E-state index is 0.188. The Morgan fingerprint density at radius 3 is 3.07 bits per heavy atom. The highest BCUT2D eigenvalue weighted by atomic mass is 79.9. The maximum Gasteiger partial charge on any atom is 0.0699 e. The second-order valence-electron chi connectivity index (χ2n) is 3.95. The third kappa shape index (κ3) is 3.23. The molecule has 1 aliphatic rings. The Balaban J connectivity index is 1.95. The van der Waals surface area contributed by atoms with Gasteiger partial charge in [0.25, 0.3) is 0 Å². The summed E-state index contributed by atoms with van der Waals surface area (Å²) in [5.41, 5.74) is 1.21. The highest BCUT2D eigenvalue weighted by Crippen LogP contribution is 2.30. The van der Waals surface area contributed by atoms with Crippen molar-refractivity contribution in [2.45, 2.75) is 30.6 Å². The first kappa shape index (κ1) is 11.5. The lowest BCUT2D eigenvalue weighted by Crippen LogP contribution is -2.23. The van der Waals surface area contributed by atoms with Crippen molar-refractivity contribution >= 4 is 27.7 Å². The Morgan fingerprint density at radius 2 is 2.40 bits per heavy atom. The van der Waals surface area contributed by atoms with E-state index in [1.807, 2.05) is 23.9 Å². The number of aliphatic hydroxyl groups is 1. The van der Waals surface area contributed by atoms with E-state index in [1.54, 1.807) is 0 Å². The van der Waals surface area contributed by atoms with Gasteiger partial charge in [0.1, 0.15) is 0 Å². The minimum Gasteiger partial charge on any atom is -0.392 e. The van der Waals surface area contributed by atoms with Gasteiger partial charge in [0.05, 0.1) is 6.10 Å². The Kier molecular flexibility index (Phi) is 4.12. The topological polar surface area (TPSA) is 20.2 Å². The molecule has 1 nitrogen and oxygen atoms in total. The minimum atomic E-state index is -0.188. The highest BCUT2D eigenvalue weighted by molar-refractivity contribution is 9.10. The lowest BCUT2D eigenvalue weighted by atomic mass is 10.0. The lowest BCUT2D eigenvalue weighted by Gasteiger charge is -2.16. The first-order valence-electron chi connectivity index (χ1n) is 5.30. The molecule has 2 atom stereocenters. The Bertz CT molecular complexity index is 323. The fraction of sp³-hybridized carbons (Fsp3) is 0.500. The van der Waals surface area contributed by atoms with E-state index in [0.717, 1.165) is 10.9 Å². The van der Waals surface area contributed by atoms with Crippen LogP contribution < -0.4 is 0 Å². The van der Waals surface area contributed by atoms with Gasteiger partial charge in [-0.15, -0.1) is 0 Å². The van der Waals surface area contributed by atoms with Crippen molar-refractivity contribution in [3.63, 3.8) is 0 Å². The molecule has 1 aromatic rings. The predicted octanol–water partition coefficient (Wildman–Crippen LogP) is 3.25. The van der Waals surface area contributed by atoms with Crippen LogP contribution in [0.15, 0.2) is 28.7 Å². The molecule has 2 rings (SSSR count). The van der Waals surface area contributed by atoms with E-state index in [0.29, 0.717) is 5.25 Å². The van der Waals surface area contributed by atoms with Gasteiger partial charge in [-0.2, -0.15) is 11.8 Å². The van der Waals surface area contributed by atoms with E-state index < -0.39 is 0 Å². The fourth-order valence-electron chi connectivity index (χ4n) is 1.94. The first-order chi connectivity index (χ1) is 7.25. The van der Waals surface area contributed by atoms with Crippen molar-refractivity contribution in [1.82, 2.24) is 0 Å². The first-order valence-corrected chi connectivity index (χ1v) is 7.14. The molecule has 1 heterocycles. The average Bonchev–Trinajstić information content (AvgIpc) is 2.70. The summed E-state index contributed by atoms with van der Waals surface area (Å²) in [4.78, 5) is 0. The molecule has 1 saturated heterocycles. The summed E-state index contributed by atoms with van der Waals surface area (Å²) in [6.45, 7) is 0. The van der Waals surface area contributed by atoms with Crippen LogP contribution in [0.3, 0.4) is 0 Å². The van der Waals surface area contributed by atoms with Crippen LogP contribution >= 0.6 is 27.7 Å². The molecule has 0 aliphatic carbocycles. The zero-order chi connectivity index (χ0) is 10.7. The van der Waals surface area contributed by atoms with E-state index in [1.165, 1.54) is 24.2 Å². The van der Waals surface area contributed by atoms with Crippen LogP contribution in [-0.4, -0.2) is 22.2 Å². The summed E-state index contributed by atoms with van der Waals surface area (Å²) < 4.78 is 1.09. The molecule has 0 bridgehead atoms. The molecule has 1 fully saturated rings. The number of aliphatic hydroxyl groups excluding tert-OH is 1. The molecule has 0 aromatic heterocycles. The standard InChI is InChI=1S/C12H15BrOS/c13-10-4-1-3-9(7-10)8-11(14)12-5-2-6-15-12/h1,3-4,7,11-12,14H,2,5-6,8H2. The summed E-state index contributed by atoms with van der Waals surface area (Å²) in [6.07, 6.45) is 3.01. The van der Waals surface area contributed by atoms with Gasteiger partial charge in [-0.05, 0) is 42.7 Å². The van der Waals surface area contributed by atoms with Gasteiger partial charge >= 0.3 is 0 Å². The zero-order valence-electron chi connectivity index (χ0n) is 8.53. The number of benzene rings is 1. The van der Waals surface area contributed by atoms with Crippen LogP contribution in [0.5, 0.6) is 0 Å². The Labute approximate surface area is 103 Å². The summed E-state index contributed by atoms with van der Waals surface area (Å²) in [5, 5.41) is 10.5. The molecule has 0 saturated carbocycles. The van der Waals surface area contributed by atoms with E-state index in [-0.39, 0.29) is 6.10 Å². The third-order valence-electron chi connectivity index (χ3n) is 2.73. The molecule has 2 unspecified atom stereocenters. The van der Waals surface area contributed by atoms with Crippen molar-refractivity contribution in [2.75, 3.05) is 5.75 Å². The quantitative estimate of drug-likeness (QED) is 0.921. The van der Waals surface area contributed by atoms with Gasteiger partial charge in [0, 0.05) is 9.72 Å². The zero-order valence-corrected chi connectivity index (χ0v) is 10.9. The predicted molar refractivity (Wildman–Crippen MR) is 69.3 cm³/mol. The van der Waals surface area contributed by atoms with Crippen molar-refractivity contribution in [1.29, 1.82) is 0 Å². The van der Waals surface area contributed by atoms with Crippen molar-refractivity contribution in [3.8, 4) is 0 Å². The van der Waals surface area contributed by atoms with E-state index >= 15 is 0 Å². The monoisotopic (exact) mass is 286 g/mol. The Morgan fingerprint density at radius 1 is 1.53 bits per heavy atom. The van der Waals surface area contributed by atoms with Gasteiger partial charge in [0.15, 0.2) is 0 Å². The van der Waals surface area contributed by atoms with Crippen molar-refractivity contribution in [2.24, 2.45) is 0 Å². The summed E-state index contributed by atoms with van der Waals surface area (Å²) >= 11 is 5.36. The van der Waals surface area contributed by atoms with Crippen molar-refractivity contribution < 1.29 is 5.11 Å². The number of thioether (sulfide) groups is 1. The van der Waals surface area contributed by atoms with Gasteiger partial charge in [-0.1, -0.05) is 28.1 Å². The Hall–Kier alpha value is 0.01000.